The van der Waals surface area contributed by atoms with E-state index in [0.29, 0.717) is 58.4 Å². The van der Waals surface area contributed by atoms with Crippen LogP contribution < -0.4 is 14.8 Å². The average molecular weight is 468 g/mol. The van der Waals surface area contributed by atoms with Crippen molar-refractivity contribution in [2.45, 2.75) is 13.3 Å². The summed E-state index contributed by atoms with van der Waals surface area (Å²) in [6.07, 6.45) is 1.78. The first-order valence-corrected chi connectivity index (χ1v) is 11.1. The van der Waals surface area contributed by atoms with E-state index in [2.05, 4.69) is 15.3 Å². The molecule has 170 valence electrons. The van der Waals surface area contributed by atoms with Crippen molar-refractivity contribution in [3.63, 3.8) is 0 Å². The number of aromatic nitrogens is 2. The van der Waals surface area contributed by atoms with Gasteiger partial charge in [-0.2, -0.15) is 0 Å². The number of nitrogens with zero attached hydrogens (tertiary/aromatic N) is 2. The van der Waals surface area contributed by atoms with Crippen molar-refractivity contribution in [2.24, 2.45) is 0 Å². The summed E-state index contributed by atoms with van der Waals surface area (Å²) in [5.41, 5.74) is 1.06. The van der Waals surface area contributed by atoms with Gasteiger partial charge in [-0.3, -0.25) is 0 Å². The number of carboxylic acid groups (broad SMARTS) is 1. The zero-order valence-electron chi connectivity index (χ0n) is 18.1. The Morgan fingerprint density at radius 3 is 2.76 bits per heavy atom. The zero-order valence-corrected chi connectivity index (χ0v) is 18.9. The summed E-state index contributed by atoms with van der Waals surface area (Å²) < 4.78 is 26.0. The molecule has 0 spiro atoms. The number of benzene rings is 2. The third-order valence-electron chi connectivity index (χ3n) is 5.06. The van der Waals surface area contributed by atoms with Crippen LogP contribution >= 0.6 is 11.3 Å². The van der Waals surface area contributed by atoms with Gasteiger partial charge in [-0.15, -0.1) is 11.3 Å². The number of nitrogens with one attached hydrogen (secondary N) is 1. The molecule has 0 fully saturated rings. The number of ether oxygens (including phenoxy) is 2. The van der Waals surface area contributed by atoms with Gasteiger partial charge in [0.1, 0.15) is 29.5 Å². The van der Waals surface area contributed by atoms with Crippen LogP contribution in [0.2, 0.25) is 0 Å². The predicted molar refractivity (Wildman–Crippen MR) is 126 cm³/mol. The third-order valence-corrected chi connectivity index (χ3v) is 6.19. The van der Waals surface area contributed by atoms with Crippen LogP contribution in [0.1, 0.15) is 22.2 Å². The highest BCUT2D eigenvalue weighted by molar-refractivity contribution is 7.17. The van der Waals surface area contributed by atoms with Crippen LogP contribution in [-0.2, 0) is 6.42 Å². The summed E-state index contributed by atoms with van der Waals surface area (Å²) in [6.45, 7) is 2.57. The van der Waals surface area contributed by atoms with Gasteiger partial charge >= 0.3 is 5.97 Å². The maximum absolute atomic E-state index is 15.1. The van der Waals surface area contributed by atoms with Gasteiger partial charge in [0.15, 0.2) is 4.88 Å². The average Bonchev–Trinajstić information content (AvgIpc) is 3.25. The molecule has 0 bridgehead atoms. The Balaban J connectivity index is 1.52. The number of rotatable bonds is 9. The lowest BCUT2D eigenvalue weighted by Crippen LogP contribution is -2.09. The third kappa shape index (κ3) is 4.73. The first kappa shape index (κ1) is 22.5. The van der Waals surface area contributed by atoms with Gasteiger partial charge in [-0.25, -0.2) is 19.2 Å². The predicted octanol–water partition coefficient (Wildman–Crippen LogP) is 5.26. The number of aromatic carboxylic acids is 1. The molecule has 2 aromatic carbocycles. The fraction of sp³-hybridized carbons (Fsp3) is 0.208. The molecular formula is C24H22FN3O4S. The molecular weight excluding hydrogens is 445 g/mol. The van der Waals surface area contributed by atoms with Crippen LogP contribution in [0.4, 0.5) is 10.2 Å². The molecule has 2 aromatic heterocycles. The van der Waals surface area contributed by atoms with E-state index in [1.807, 2.05) is 18.2 Å². The van der Waals surface area contributed by atoms with E-state index in [-0.39, 0.29) is 10.7 Å². The van der Waals surface area contributed by atoms with Crippen molar-refractivity contribution in [2.75, 3.05) is 25.6 Å². The minimum Gasteiger partial charge on any atom is -0.496 e. The lowest BCUT2D eigenvalue weighted by atomic mass is 10.0. The molecule has 2 N–H and O–H groups in total. The highest BCUT2D eigenvalue weighted by Gasteiger charge is 2.19. The fourth-order valence-electron chi connectivity index (χ4n) is 3.55. The molecule has 0 saturated carbocycles. The van der Waals surface area contributed by atoms with Crippen molar-refractivity contribution in [3.8, 4) is 22.1 Å². The Bertz CT molecular complexity index is 1310. The molecule has 9 heteroatoms. The fourth-order valence-corrected chi connectivity index (χ4v) is 4.46. The van der Waals surface area contributed by atoms with Crippen molar-refractivity contribution in [3.05, 3.63) is 65.0 Å². The number of hydrogen-bond acceptors (Lipinski definition) is 7. The van der Waals surface area contributed by atoms with Gasteiger partial charge < -0.3 is 19.9 Å². The number of carbonyl (C=O) groups is 1. The highest BCUT2D eigenvalue weighted by Crippen LogP contribution is 2.36. The lowest BCUT2D eigenvalue weighted by Gasteiger charge is -2.13. The minimum atomic E-state index is -1.05. The van der Waals surface area contributed by atoms with Crippen LogP contribution in [-0.4, -0.2) is 41.3 Å². The Morgan fingerprint density at radius 1 is 1.18 bits per heavy atom. The van der Waals surface area contributed by atoms with Crippen molar-refractivity contribution in [1.29, 1.82) is 0 Å². The lowest BCUT2D eigenvalue weighted by molar-refractivity contribution is 0.0698. The van der Waals surface area contributed by atoms with Crippen molar-refractivity contribution in [1.82, 2.24) is 9.97 Å². The number of halogens is 1. The van der Waals surface area contributed by atoms with E-state index >= 15 is 4.39 Å². The molecule has 0 atom stereocenters. The summed E-state index contributed by atoms with van der Waals surface area (Å²) >= 11 is 1.09. The number of thiophene rings is 1. The molecule has 4 aromatic rings. The summed E-state index contributed by atoms with van der Waals surface area (Å²) in [4.78, 5) is 20.7. The van der Waals surface area contributed by atoms with E-state index in [9.17, 15) is 9.90 Å². The molecule has 0 amide bonds. The second-order valence-electron chi connectivity index (χ2n) is 7.10. The van der Waals surface area contributed by atoms with Gasteiger partial charge in [0.25, 0.3) is 0 Å². The Kier molecular flexibility index (Phi) is 6.69. The zero-order chi connectivity index (χ0) is 23.4. The second-order valence-corrected chi connectivity index (χ2v) is 8.15. The van der Waals surface area contributed by atoms with Crippen molar-refractivity contribution < 1.29 is 23.8 Å². The first-order valence-electron chi connectivity index (χ1n) is 10.3. The molecule has 7 nitrogen and oxygen atoms in total. The van der Waals surface area contributed by atoms with Gasteiger partial charge in [0.05, 0.1) is 24.3 Å². The minimum absolute atomic E-state index is 0.124. The molecule has 0 unspecified atom stereocenters. The normalized spacial score (nSPS) is 10.9. The van der Waals surface area contributed by atoms with Crippen molar-refractivity contribution >= 4 is 33.9 Å². The summed E-state index contributed by atoms with van der Waals surface area (Å²) in [5, 5.41) is 13.9. The van der Waals surface area contributed by atoms with Crippen LogP contribution in [0.5, 0.6) is 11.5 Å². The standard InChI is InChI=1S/C24H22FN3O4S/c1-3-32-19-12-20(33-23(19)24(29)30)17-11-21(28-13-27-17)26-9-8-16-18(31-2)10-14-6-4-5-7-15(14)22(16)25/h4-7,10-13H,3,8-9H2,1-2H3,(H,29,30)(H,26,27,28). The topological polar surface area (TPSA) is 93.6 Å². The van der Waals surface area contributed by atoms with Gasteiger partial charge in [-0.1, -0.05) is 24.3 Å². The largest absolute Gasteiger partial charge is 0.496 e. The molecule has 0 aliphatic carbocycles. The Morgan fingerprint density at radius 2 is 2.00 bits per heavy atom. The quantitative estimate of drug-likeness (QED) is 0.347. The Labute approximate surface area is 193 Å². The maximum atomic E-state index is 15.1. The number of anilines is 1. The summed E-state index contributed by atoms with van der Waals surface area (Å²) in [7, 11) is 1.53. The molecule has 0 saturated heterocycles. The van der Waals surface area contributed by atoms with Crippen LogP contribution in [0.15, 0.2) is 48.8 Å². The van der Waals surface area contributed by atoms with Gasteiger partial charge in [-0.05, 0) is 24.8 Å². The van der Waals surface area contributed by atoms with Crippen LogP contribution in [0.25, 0.3) is 21.3 Å². The molecule has 0 aliphatic rings. The molecule has 4 rings (SSSR count). The highest BCUT2D eigenvalue weighted by atomic mass is 32.1. The second kappa shape index (κ2) is 9.83. The summed E-state index contributed by atoms with van der Waals surface area (Å²) in [5.74, 6) is 0.0202. The Hall–Kier alpha value is -3.72. The first-order chi connectivity index (χ1) is 16.0. The van der Waals surface area contributed by atoms with E-state index in [0.717, 1.165) is 16.7 Å². The molecule has 0 aliphatic heterocycles. The van der Waals surface area contributed by atoms with E-state index in [4.69, 9.17) is 9.47 Å². The van der Waals surface area contributed by atoms with Gasteiger partial charge in [0.2, 0.25) is 0 Å². The molecule has 0 radical (unpaired) electrons. The number of methoxy groups -OCH3 is 1. The molecule has 33 heavy (non-hydrogen) atoms. The SMILES string of the molecule is CCOc1cc(-c2cc(NCCc3c(OC)cc4ccccc4c3F)ncn2)sc1C(=O)O. The van der Waals surface area contributed by atoms with E-state index in [1.54, 1.807) is 31.2 Å². The van der Waals surface area contributed by atoms with E-state index in [1.165, 1.54) is 13.4 Å². The number of carboxylic acids is 1. The van der Waals surface area contributed by atoms with E-state index < -0.39 is 5.97 Å². The smallest absolute Gasteiger partial charge is 0.349 e. The number of fused-ring (bicyclic) bond motifs is 1. The maximum Gasteiger partial charge on any atom is 0.349 e. The monoisotopic (exact) mass is 467 g/mol. The number of hydrogen-bond donors (Lipinski definition) is 2. The van der Waals surface area contributed by atoms with Crippen LogP contribution in [0.3, 0.4) is 0 Å². The van der Waals surface area contributed by atoms with Gasteiger partial charge in [0, 0.05) is 29.6 Å². The van der Waals surface area contributed by atoms with Crippen LogP contribution in [0, 0.1) is 5.82 Å². The summed E-state index contributed by atoms with van der Waals surface area (Å²) in [6, 6.07) is 12.5. The molecule has 2 heterocycles.